The molecule has 0 radical (unpaired) electrons. The third kappa shape index (κ3) is 6.19. The minimum atomic E-state index is -0.379. The number of thiocarbonyl (C=S) groups is 1. The predicted molar refractivity (Wildman–Crippen MR) is 102 cm³/mol. The summed E-state index contributed by atoms with van der Waals surface area (Å²) < 4.78 is 4.92. The van der Waals surface area contributed by atoms with E-state index in [4.69, 9.17) is 17.0 Å². The van der Waals surface area contributed by atoms with Gasteiger partial charge in [0.1, 0.15) is 0 Å². The molecule has 2 aromatic carbocycles. The van der Waals surface area contributed by atoms with Gasteiger partial charge in [-0.15, -0.1) is 0 Å². The second-order valence-corrected chi connectivity index (χ2v) is 5.39. The van der Waals surface area contributed by atoms with Gasteiger partial charge in [0, 0.05) is 11.8 Å². The van der Waals surface area contributed by atoms with Gasteiger partial charge in [-0.2, -0.15) is 0 Å². The zero-order chi connectivity index (χ0) is 18.1. The summed E-state index contributed by atoms with van der Waals surface area (Å²) in [5.41, 5.74) is 2.03. The molecule has 2 N–H and O–H groups in total. The molecule has 0 fully saturated rings. The molecule has 0 atom stereocenters. The summed E-state index contributed by atoms with van der Waals surface area (Å²) >= 11 is 5.10. The second-order valence-electron chi connectivity index (χ2n) is 4.99. The molecule has 0 heterocycles. The van der Waals surface area contributed by atoms with Crippen LogP contribution in [0.4, 0.5) is 5.69 Å². The van der Waals surface area contributed by atoms with Crippen molar-refractivity contribution in [1.82, 2.24) is 5.32 Å². The fourth-order valence-electron chi connectivity index (χ4n) is 1.96. The number of amides is 1. The van der Waals surface area contributed by atoms with E-state index in [2.05, 4.69) is 10.6 Å². The standard InChI is InChI=1S/C19H18N2O3S/c1-2-24-18(23)15-9-11-16(12-10-15)20-19(25)21-17(22)13-8-14-6-4-3-5-7-14/h3-13H,2H2,1H3,(H2,20,21,22,25)/b13-8+. The first kappa shape index (κ1) is 18.4. The van der Waals surface area contributed by atoms with E-state index in [-0.39, 0.29) is 17.0 Å². The van der Waals surface area contributed by atoms with E-state index in [0.717, 1.165) is 5.56 Å². The Balaban J connectivity index is 1.86. The van der Waals surface area contributed by atoms with Crippen LogP contribution in [0.15, 0.2) is 60.7 Å². The highest BCUT2D eigenvalue weighted by Crippen LogP contribution is 2.10. The average Bonchev–Trinajstić information content (AvgIpc) is 2.61. The zero-order valence-electron chi connectivity index (χ0n) is 13.7. The third-order valence-corrected chi connectivity index (χ3v) is 3.32. The summed E-state index contributed by atoms with van der Waals surface area (Å²) in [6.07, 6.45) is 3.11. The lowest BCUT2D eigenvalue weighted by Crippen LogP contribution is -2.32. The Bertz CT molecular complexity index is 771. The molecule has 0 aliphatic heterocycles. The molecule has 2 rings (SSSR count). The van der Waals surface area contributed by atoms with Gasteiger partial charge in [-0.3, -0.25) is 10.1 Å². The van der Waals surface area contributed by atoms with Crippen molar-refractivity contribution >= 4 is 41.0 Å². The normalized spacial score (nSPS) is 10.3. The number of esters is 1. The summed E-state index contributed by atoms with van der Waals surface area (Å²) in [6.45, 7) is 2.08. The van der Waals surface area contributed by atoms with Gasteiger partial charge in [-0.25, -0.2) is 4.79 Å². The number of hydrogen-bond donors (Lipinski definition) is 2. The zero-order valence-corrected chi connectivity index (χ0v) is 14.5. The average molecular weight is 354 g/mol. The van der Waals surface area contributed by atoms with E-state index < -0.39 is 0 Å². The van der Waals surface area contributed by atoms with Gasteiger partial charge >= 0.3 is 5.97 Å². The smallest absolute Gasteiger partial charge is 0.338 e. The van der Waals surface area contributed by atoms with Crippen molar-refractivity contribution < 1.29 is 14.3 Å². The van der Waals surface area contributed by atoms with Gasteiger partial charge in [0.05, 0.1) is 12.2 Å². The van der Waals surface area contributed by atoms with Gasteiger partial charge in [0.25, 0.3) is 0 Å². The van der Waals surface area contributed by atoms with E-state index >= 15 is 0 Å². The van der Waals surface area contributed by atoms with Crippen molar-refractivity contribution in [3.8, 4) is 0 Å². The largest absolute Gasteiger partial charge is 0.462 e. The molecule has 2 aromatic rings. The topological polar surface area (TPSA) is 67.4 Å². The number of anilines is 1. The molecular formula is C19H18N2O3S. The van der Waals surface area contributed by atoms with Crippen molar-refractivity contribution in [3.63, 3.8) is 0 Å². The van der Waals surface area contributed by atoms with Crippen molar-refractivity contribution in [2.24, 2.45) is 0 Å². The van der Waals surface area contributed by atoms with Crippen LogP contribution in [0.2, 0.25) is 0 Å². The van der Waals surface area contributed by atoms with E-state index in [1.165, 1.54) is 6.08 Å². The number of rotatable bonds is 5. The number of hydrogen-bond acceptors (Lipinski definition) is 4. The van der Waals surface area contributed by atoms with E-state index in [1.807, 2.05) is 30.3 Å². The van der Waals surface area contributed by atoms with Crippen LogP contribution in [0.3, 0.4) is 0 Å². The van der Waals surface area contributed by atoms with E-state index in [1.54, 1.807) is 37.3 Å². The van der Waals surface area contributed by atoms with Crippen LogP contribution in [0.1, 0.15) is 22.8 Å². The first-order chi connectivity index (χ1) is 12.1. The Morgan fingerprint density at radius 1 is 1.08 bits per heavy atom. The quantitative estimate of drug-likeness (QED) is 0.489. The Kier molecular flexibility index (Phi) is 6.86. The summed E-state index contributed by atoms with van der Waals surface area (Å²) in [5, 5.41) is 5.61. The fourth-order valence-corrected chi connectivity index (χ4v) is 2.17. The first-order valence-corrected chi connectivity index (χ1v) is 8.11. The molecule has 0 unspecified atom stereocenters. The Hall–Kier alpha value is -2.99. The van der Waals surface area contributed by atoms with Crippen LogP contribution in [0.5, 0.6) is 0 Å². The minimum Gasteiger partial charge on any atom is -0.462 e. The van der Waals surface area contributed by atoms with Crippen LogP contribution < -0.4 is 10.6 Å². The lowest BCUT2D eigenvalue weighted by Gasteiger charge is -2.08. The summed E-state index contributed by atoms with van der Waals surface area (Å²) in [7, 11) is 0. The maximum Gasteiger partial charge on any atom is 0.338 e. The maximum atomic E-state index is 11.8. The maximum absolute atomic E-state index is 11.8. The molecule has 0 aliphatic rings. The van der Waals surface area contributed by atoms with Gasteiger partial charge in [0.15, 0.2) is 5.11 Å². The molecule has 0 bridgehead atoms. The molecule has 0 aromatic heterocycles. The lowest BCUT2D eigenvalue weighted by molar-refractivity contribution is -0.115. The molecule has 1 amide bonds. The van der Waals surface area contributed by atoms with Crippen LogP contribution in [0, 0.1) is 0 Å². The molecule has 0 saturated carbocycles. The van der Waals surface area contributed by atoms with Gasteiger partial charge in [-0.05, 0) is 55.0 Å². The van der Waals surface area contributed by atoms with Crippen molar-refractivity contribution in [3.05, 3.63) is 71.8 Å². The van der Waals surface area contributed by atoms with Gasteiger partial charge in [-0.1, -0.05) is 30.3 Å². The second kappa shape index (κ2) is 9.34. The van der Waals surface area contributed by atoms with Gasteiger partial charge in [0.2, 0.25) is 5.91 Å². The monoisotopic (exact) mass is 354 g/mol. The van der Waals surface area contributed by atoms with Crippen molar-refractivity contribution in [1.29, 1.82) is 0 Å². The highest BCUT2D eigenvalue weighted by molar-refractivity contribution is 7.80. The summed E-state index contributed by atoms with van der Waals surface area (Å²) in [4.78, 5) is 23.4. The molecule has 0 spiro atoms. The fraction of sp³-hybridized carbons (Fsp3) is 0.105. The van der Waals surface area contributed by atoms with Crippen LogP contribution in [-0.4, -0.2) is 23.6 Å². The molecule has 5 nitrogen and oxygen atoms in total. The molecule has 0 saturated heterocycles. The van der Waals surface area contributed by atoms with Crippen LogP contribution >= 0.6 is 12.2 Å². The predicted octanol–water partition coefficient (Wildman–Crippen LogP) is 3.39. The van der Waals surface area contributed by atoms with E-state index in [0.29, 0.717) is 17.9 Å². The number of ether oxygens (including phenoxy) is 1. The highest BCUT2D eigenvalue weighted by atomic mass is 32.1. The Morgan fingerprint density at radius 3 is 2.40 bits per heavy atom. The Labute approximate surface area is 151 Å². The minimum absolute atomic E-state index is 0.173. The number of nitrogens with one attached hydrogen (secondary N) is 2. The molecule has 6 heteroatoms. The lowest BCUT2D eigenvalue weighted by atomic mass is 10.2. The number of carbonyl (C=O) groups is 2. The molecule has 128 valence electrons. The third-order valence-electron chi connectivity index (χ3n) is 3.12. The SMILES string of the molecule is CCOC(=O)c1ccc(NC(=S)NC(=O)/C=C/c2ccccc2)cc1. The number of benzene rings is 2. The van der Waals surface area contributed by atoms with Crippen LogP contribution in [-0.2, 0) is 9.53 Å². The highest BCUT2D eigenvalue weighted by Gasteiger charge is 2.06. The first-order valence-electron chi connectivity index (χ1n) is 7.71. The van der Waals surface area contributed by atoms with Crippen molar-refractivity contribution in [2.45, 2.75) is 6.92 Å². The number of carbonyl (C=O) groups excluding carboxylic acids is 2. The molecular weight excluding hydrogens is 336 g/mol. The van der Waals surface area contributed by atoms with E-state index in [9.17, 15) is 9.59 Å². The van der Waals surface area contributed by atoms with Crippen molar-refractivity contribution in [2.75, 3.05) is 11.9 Å². The Morgan fingerprint density at radius 2 is 1.76 bits per heavy atom. The summed E-state index contributed by atoms with van der Waals surface area (Å²) in [5.74, 6) is -0.708. The van der Waals surface area contributed by atoms with Crippen LogP contribution in [0.25, 0.3) is 6.08 Å². The molecule has 25 heavy (non-hydrogen) atoms. The summed E-state index contributed by atoms with van der Waals surface area (Å²) in [6, 6.07) is 16.1. The molecule has 0 aliphatic carbocycles. The van der Waals surface area contributed by atoms with Gasteiger partial charge < -0.3 is 10.1 Å².